The minimum absolute atomic E-state index is 0.268. The summed E-state index contributed by atoms with van der Waals surface area (Å²) in [6.07, 6.45) is 1.04. The fraction of sp³-hybridized carbons (Fsp3) is 0.769. The Bertz CT molecular complexity index is 413. The van der Waals surface area contributed by atoms with Crippen molar-refractivity contribution >= 4 is 15.9 Å². The van der Waals surface area contributed by atoms with Crippen molar-refractivity contribution < 1.29 is 5.11 Å². The number of aliphatic hydroxyl groups is 1. The number of aromatic nitrogens is 2. The van der Waals surface area contributed by atoms with Crippen molar-refractivity contribution in [2.24, 2.45) is 7.05 Å². The fourth-order valence-electron chi connectivity index (χ4n) is 1.77. The lowest BCUT2D eigenvalue weighted by Gasteiger charge is -2.37. The van der Waals surface area contributed by atoms with E-state index in [2.05, 4.69) is 28.0 Å². The summed E-state index contributed by atoms with van der Waals surface area (Å²) in [5.41, 5.74) is 1.83. The van der Waals surface area contributed by atoms with Crippen molar-refractivity contribution in [3.05, 3.63) is 15.9 Å². The van der Waals surface area contributed by atoms with Crippen molar-refractivity contribution in [1.82, 2.24) is 14.7 Å². The molecule has 1 unspecified atom stereocenters. The molecule has 1 aromatic heterocycles. The summed E-state index contributed by atoms with van der Waals surface area (Å²) >= 11 is 3.59. The topological polar surface area (TPSA) is 41.3 Å². The van der Waals surface area contributed by atoms with Crippen LogP contribution >= 0.6 is 15.9 Å². The molecule has 0 aromatic carbocycles. The second kappa shape index (κ2) is 5.72. The number of likely N-dealkylation sites (N-methyl/N-ethyl adjacent to an activating group) is 1. The summed E-state index contributed by atoms with van der Waals surface area (Å²) in [6.45, 7) is 6.17. The first-order chi connectivity index (χ1) is 8.21. The van der Waals surface area contributed by atoms with E-state index in [1.54, 1.807) is 0 Å². The molecule has 4 nitrogen and oxygen atoms in total. The monoisotopic (exact) mass is 317 g/mol. The van der Waals surface area contributed by atoms with Gasteiger partial charge in [0.25, 0.3) is 0 Å². The van der Waals surface area contributed by atoms with Crippen LogP contribution < -0.4 is 0 Å². The second-order valence-electron chi connectivity index (χ2n) is 5.45. The molecular weight excluding hydrogens is 294 g/mol. The first kappa shape index (κ1) is 15.7. The van der Waals surface area contributed by atoms with Gasteiger partial charge in [0.2, 0.25) is 0 Å². The zero-order valence-electron chi connectivity index (χ0n) is 12.2. The van der Waals surface area contributed by atoms with Gasteiger partial charge in [0.1, 0.15) is 0 Å². The summed E-state index contributed by atoms with van der Waals surface area (Å²) in [5, 5.41) is 14.9. The molecule has 0 radical (unpaired) electrons. The second-order valence-corrected chi connectivity index (χ2v) is 6.25. The zero-order chi connectivity index (χ0) is 14.1. The summed E-state index contributed by atoms with van der Waals surface area (Å²) in [7, 11) is 5.90. The molecule has 0 amide bonds. The molecule has 1 heterocycles. The molecule has 0 saturated heterocycles. The zero-order valence-corrected chi connectivity index (χ0v) is 13.7. The highest BCUT2D eigenvalue weighted by molar-refractivity contribution is 9.10. The van der Waals surface area contributed by atoms with Crippen LogP contribution in [-0.2, 0) is 19.9 Å². The molecule has 104 valence electrons. The Labute approximate surface area is 118 Å². The van der Waals surface area contributed by atoms with E-state index in [0.717, 1.165) is 22.3 Å². The van der Waals surface area contributed by atoms with E-state index in [-0.39, 0.29) is 5.54 Å². The third kappa shape index (κ3) is 2.95. The van der Waals surface area contributed by atoms with Crippen LogP contribution in [0, 0.1) is 0 Å². The Morgan fingerprint density at radius 3 is 2.39 bits per heavy atom. The average Bonchev–Trinajstić information content (AvgIpc) is 2.55. The van der Waals surface area contributed by atoms with Gasteiger partial charge >= 0.3 is 0 Å². The Hall–Kier alpha value is -0.390. The van der Waals surface area contributed by atoms with Crippen molar-refractivity contribution in [1.29, 1.82) is 0 Å². The van der Waals surface area contributed by atoms with E-state index in [1.807, 2.05) is 44.6 Å². The Balaban J connectivity index is 2.95. The van der Waals surface area contributed by atoms with Gasteiger partial charge in [0, 0.05) is 19.0 Å². The summed E-state index contributed by atoms with van der Waals surface area (Å²) < 4.78 is 2.89. The molecule has 0 saturated carbocycles. The lowest BCUT2D eigenvalue weighted by molar-refractivity contribution is 0.0170. The summed E-state index contributed by atoms with van der Waals surface area (Å²) in [4.78, 5) is 2.04. The largest absolute Gasteiger partial charge is 0.391 e. The SMILES string of the molecule is CCc1nn(C)c(CC(O)C(C)(C)N(C)C)c1Br. The van der Waals surface area contributed by atoms with Crippen molar-refractivity contribution in [3.63, 3.8) is 0 Å². The van der Waals surface area contributed by atoms with Gasteiger partial charge < -0.3 is 10.0 Å². The fourth-order valence-corrected chi connectivity index (χ4v) is 2.55. The van der Waals surface area contributed by atoms with Crippen molar-refractivity contribution in [2.75, 3.05) is 14.1 Å². The lowest BCUT2D eigenvalue weighted by Crippen LogP contribution is -2.49. The van der Waals surface area contributed by atoms with E-state index in [9.17, 15) is 5.11 Å². The van der Waals surface area contributed by atoms with Gasteiger partial charge in [-0.2, -0.15) is 5.10 Å². The van der Waals surface area contributed by atoms with Gasteiger partial charge in [0.05, 0.1) is 22.0 Å². The molecule has 1 aromatic rings. The van der Waals surface area contributed by atoms with Gasteiger partial charge in [-0.1, -0.05) is 6.92 Å². The molecule has 1 rings (SSSR count). The van der Waals surface area contributed by atoms with Gasteiger partial charge in [0.15, 0.2) is 0 Å². The Morgan fingerprint density at radius 2 is 2.00 bits per heavy atom. The van der Waals surface area contributed by atoms with Crippen LogP contribution in [0.25, 0.3) is 0 Å². The lowest BCUT2D eigenvalue weighted by atomic mass is 9.92. The highest BCUT2D eigenvalue weighted by atomic mass is 79.9. The molecule has 0 spiro atoms. The number of nitrogens with zero attached hydrogens (tertiary/aromatic N) is 3. The van der Waals surface area contributed by atoms with Crippen LogP contribution in [0.1, 0.15) is 32.2 Å². The number of rotatable bonds is 5. The predicted molar refractivity (Wildman–Crippen MR) is 77.8 cm³/mol. The van der Waals surface area contributed by atoms with Gasteiger partial charge in [-0.15, -0.1) is 0 Å². The van der Waals surface area contributed by atoms with Crippen LogP contribution in [0.3, 0.4) is 0 Å². The van der Waals surface area contributed by atoms with E-state index in [1.165, 1.54) is 0 Å². The molecular formula is C13H24BrN3O. The molecule has 18 heavy (non-hydrogen) atoms. The first-order valence-corrected chi connectivity index (χ1v) is 7.06. The maximum atomic E-state index is 10.4. The molecule has 0 aliphatic carbocycles. The molecule has 1 N–H and O–H groups in total. The Morgan fingerprint density at radius 1 is 1.44 bits per heavy atom. The minimum atomic E-state index is -0.441. The first-order valence-electron chi connectivity index (χ1n) is 6.27. The standard InChI is InChI=1S/C13H24BrN3O/c1-7-9-12(14)10(17(6)15-9)8-11(18)13(2,3)16(4)5/h11,18H,7-8H2,1-6H3. The molecule has 0 aliphatic rings. The van der Waals surface area contributed by atoms with Crippen molar-refractivity contribution in [3.8, 4) is 0 Å². The van der Waals surface area contributed by atoms with Crippen LogP contribution in [0.5, 0.6) is 0 Å². The number of halogens is 1. The smallest absolute Gasteiger partial charge is 0.0773 e. The number of aliphatic hydroxyl groups excluding tert-OH is 1. The van der Waals surface area contributed by atoms with Gasteiger partial charge in [-0.3, -0.25) is 4.68 Å². The molecule has 5 heteroatoms. The number of hydrogen-bond donors (Lipinski definition) is 1. The molecule has 0 fully saturated rings. The number of hydrogen-bond acceptors (Lipinski definition) is 3. The van der Waals surface area contributed by atoms with Crippen LogP contribution in [0.4, 0.5) is 0 Å². The summed E-state index contributed by atoms with van der Waals surface area (Å²) in [5.74, 6) is 0. The van der Waals surface area contributed by atoms with Crippen LogP contribution in [0.15, 0.2) is 4.47 Å². The third-order valence-corrected chi connectivity index (χ3v) is 4.77. The number of aryl methyl sites for hydroxylation is 2. The van der Waals surface area contributed by atoms with Gasteiger partial charge in [-0.25, -0.2) is 0 Å². The highest BCUT2D eigenvalue weighted by Gasteiger charge is 2.31. The normalized spacial score (nSPS) is 14.3. The van der Waals surface area contributed by atoms with E-state index < -0.39 is 6.10 Å². The van der Waals surface area contributed by atoms with Crippen LogP contribution in [0.2, 0.25) is 0 Å². The third-order valence-electron chi connectivity index (χ3n) is 3.86. The summed E-state index contributed by atoms with van der Waals surface area (Å²) in [6, 6.07) is 0. The van der Waals surface area contributed by atoms with E-state index >= 15 is 0 Å². The van der Waals surface area contributed by atoms with E-state index in [0.29, 0.717) is 6.42 Å². The van der Waals surface area contributed by atoms with Crippen LogP contribution in [-0.4, -0.2) is 45.5 Å². The Kier molecular flexibility index (Phi) is 4.98. The van der Waals surface area contributed by atoms with Crippen molar-refractivity contribution in [2.45, 2.75) is 45.3 Å². The van der Waals surface area contributed by atoms with Gasteiger partial charge in [-0.05, 0) is 50.3 Å². The minimum Gasteiger partial charge on any atom is -0.391 e. The molecule has 0 aliphatic heterocycles. The quantitative estimate of drug-likeness (QED) is 0.903. The molecule has 1 atom stereocenters. The highest BCUT2D eigenvalue weighted by Crippen LogP contribution is 2.26. The maximum absolute atomic E-state index is 10.4. The van der Waals surface area contributed by atoms with E-state index in [4.69, 9.17) is 0 Å². The maximum Gasteiger partial charge on any atom is 0.0773 e. The predicted octanol–water partition coefficient (Wildman–Crippen LogP) is 1.99. The average molecular weight is 318 g/mol. The molecule has 0 bridgehead atoms.